The molecule has 3 atom stereocenters. The Balaban J connectivity index is 1.99. The summed E-state index contributed by atoms with van der Waals surface area (Å²) in [7, 11) is 0. The largest absolute Gasteiger partial charge is 0.477 e. The molecule has 2 N–H and O–H groups in total. The number of carboxylic acids is 1. The number of rotatable bonds is 2. The van der Waals surface area contributed by atoms with Crippen LogP contribution >= 0.6 is 0 Å². The van der Waals surface area contributed by atoms with Crippen molar-refractivity contribution in [2.45, 2.75) is 25.7 Å². The van der Waals surface area contributed by atoms with E-state index in [-0.39, 0.29) is 0 Å². The van der Waals surface area contributed by atoms with Gasteiger partial charge in [-0.2, -0.15) is 5.10 Å². The van der Waals surface area contributed by atoms with Gasteiger partial charge in [-0.15, -0.1) is 0 Å². The van der Waals surface area contributed by atoms with Gasteiger partial charge in [0.25, 0.3) is 0 Å². The molecule has 0 aliphatic heterocycles. The zero-order valence-corrected chi connectivity index (χ0v) is 7.95. The van der Waals surface area contributed by atoms with Crippen LogP contribution in [0.25, 0.3) is 0 Å². The summed E-state index contributed by atoms with van der Waals surface area (Å²) in [5.41, 5.74) is 2.29. The molecule has 1 aromatic heterocycles. The fourth-order valence-electron chi connectivity index (χ4n) is 2.96. The SMILES string of the molecule is CC[C@H]1C2Cc3c(n[nH]c3C(=O)O)[C@H]21. The molecule has 2 aliphatic rings. The molecule has 1 fully saturated rings. The van der Waals surface area contributed by atoms with E-state index in [2.05, 4.69) is 17.1 Å². The summed E-state index contributed by atoms with van der Waals surface area (Å²) in [6.07, 6.45) is 2.10. The van der Waals surface area contributed by atoms with Crippen molar-refractivity contribution in [2.75, 3.05) is 0 Å². The van der Waals surface area contributed by atoms with Crippen molar-refractivity contribution in [3.63, 3.8) is 0 Å². The summed E-state index contributed by atoms with van der Waals surface area (Å²) in [5.74, 6) is 1.12. The first-order valence-electron chi connectivity index (χ1n) is 5.04. The third-order valence-corrected chi connectivity index (χ3v) is 3.67. The number of nitrogens with zero attached hydrogens (tertiary/aromatic N) is 1. The Labute approximate surface area is 81.3 Å². The van der Waals surface area contributed by atoms with Crippen molar-refractivity contribution in [1.29, 1.82) is 0 Å². The molecule has 0 bridgehead atoms. The Kier molecular flexibility index (Phi) is 1.36. The van der Waals surface area contributed by atoms with Crippen LogP contribution in [0.15, 0.2) is 0 Å². The minimum atomic E-state index is -0.881. The van der Waals surface area contributed by atoms with Gasteiger partial charge >= 0.3 is 5.97 Å². The average Bonchev–Trinajstić information content (AvgIpc) is 2.55. The van der Waals surface area contributed by atoms with Crippen molar-refractivity contribution in [3.05, 3.63) is 17.0 Å². The number of aromatic nitrogens is 2. The molecule has 3 rings (SSSR count). The van der Waals surface area contributed by atoms with E-state index in [0.717, 1.165) is 23.6 Å². The monoisotopic (exact) mass is 192 g/mol. The van der Waals surface area contributed by atoms with Crippen molar-refractivity contribution in [2.24, 2.45) is 11.8 Å². The number of aromatic carboxylic acids is 1. The van der Waals surface area contributed by atoms with E-state index >= 15 is 0 Å². The van der Waals surface area contributed by atoms with Gasteiger partial charge in [-0.3, -0.25) is 5.10 Å². The van der Waals surface area contributed by atoms with Crippen LogP contribution in [0.3, 0.4) is 0 Å². The van der Waals surface area contributed by atoms with Crippen molar-refractivity contribution >= 4 is 5.97 Å². The van der Waals surface area contributed by atoms with Gasteiger partial charge in [-0.1, -0.05) is 13.3 Å². The zero-order valence-electron chi connectivity index (χ0n) is 7.95. The highest BCUT2D eigenvalue weighted by Gasteiger charge is 2.57. The molecular weight excluding hydrogens is 180 g/mol. The second-order valence-electron chi connectivity index (χ2n) is 4.23. The highest BCUT2D eigenvalue weighted by molar-refractivity contribution is 5.87. The molecule has 0 saturated heterocycles. The molecule has 4 nitrogen and oxygen atoms in total. The Hall–Kier alpha value is -1.32. The molecule has 0 amide bonds. The number of H-pyrrole nitrogens is 1. The van der Waals surface area contributed by atoms with Crippen molar-refractivity contribution in [1.82, 2.24) is 10.2 Å². The Morgan fingerprint density at radius 2 is 2.50 bits per heavy atom. The molecule has 1 unspecified atom stereocenters. The normalized spacial score (nSPS) is 32.5. The van der Waals surface area contributed by atoms with E-state index < -0.39 is 5.97 Å². The molecule has 74 valence electrons. The number of carboxylic acid groups (broad SMARTS) is 1. The molecule has 1 saturated carbocycles. The standard InChI is InChI=1S/C10H12N2O2/c1-2-4-5-3-6-8(7(4)5)11-12-9(6)10(13)14/h4-5,7H,2-3H2,1H3,(H,11,12)(H,13,14)/t4-,5?,7-/m0/s1. The Bertz CT molecular complexity index is 410. The van der Waals surface area contributed by atoms with Gasteiger partial charge in [0.15, 0.2) is 0 Å². The highest BCUT2D eigenvalue weighted by atomic mass is 16.4. The number of hydrogen-bond acceptors (Lipinski definition) is 2. The van der Waals surface area contributed by atoms with Crippen LogP contribution in [0, 0.1) is 11.8 Å². The third kappa shape index (κ3) is 0.786. The summed E-state index contributed by atoms with van der Waals surface area (Å²) in [6.45, 7) is 2.19. The van der Waals surface area contributed by atoms with Gasteiger partial charge in [0, 0.05) is 11.5 Å². The minimum Gasteiger partial charge on any atom is -0.477 e. The molecule has 0 spiro atoms. The molecule has 0 radical (unpaired) electrons. The lowest BCUT2D eigenvalue weighted by Gasteiger charge is -1.99. The molecule has 2 aliphatic carbocycles. The average molecular weight is 192 g/mol. The molecule has 1 aromatic rings. The van der Waals surface area contributed by atoms with Gasteiger partial charge in [0.2, 0.25) is 0 Å². The lowest BCUT2D eigenvalue weighted by molar-refractivity contribution is 0.0689. The third-order valence-electron chi connectivity index (χ3n) is 3.67. The number of hydrogen-bond donors (Lipinski definition) is 2. The van der Waals surface area contributed by atoms with Gasteiger partial charge in [-0.25, -0.2) is 4.79 Å². The first kappa shape index (κ1) is 8.03. The lowest BCUT2D eigenvalue weighted by atomic mass is 10.1. The van der Waals surface area contributed by atoms with Crippen LogP contribution in [0.1, 0.15) is 41.0 Å². The van der Waals surface area contributed by atoms with Crippen LogP contribution in [0.5, 0.6) is 0 Å². The maximum absolute atomic E-state index is 10.8. The molecular formula is C10H12N2O2. The van der Waals surface area contributed by atoms with E-state index in [0.29, 0.717) is 17.5 Å². The number of nitrogens with one attached hydrogen (secondary N) is 1. The number of carbonyl (C=O) groups is 1. The van der Waals surface area contributed by atoms with Crippen LogP contribution in [-0.2, 0) is 6.42 Å². The second kappa shape index (κ2) is 2.38. The summed E-state index contributed by atoms with van der Waals surface area (Å²) >= 11 is 0. The van der Waals surface area contributed by atoms with Crippen LogP contribution < -0.4 is 0 Å². The highest BCUT2D eigenvalue weighted by Crippen LogP contribution is 2.62. The zero-order chi connectivity index (χ0) is 9.87. The van der Waals surface area contributed by atoms with E-state index in [1.165, 1.54) is 6.42 Å². The van der Waals surface area contributed by atoms with Crippen molar-refractivity contribution in [3.8, 4) is 0 Å². The summed E-state index contributed by atoms with van der Waals surface area (Å²) < 4.78 is 0. The Morgan fingerprint density at radius 3 is 3.14 bits per heavy atom. The summed E-state index contributed by atoms with van der Waals surface area (Å²) in [6, 6.07) is 0. The number of aromatic amines is 1. The van der Waals surface area contributed by atoms with Gasteiger partial charge in [-0.05, 0) is 18.3 Å². The Morgan fingerprint density at radius 1 is 1.71 bits per heavy atom. The maximum atomic E-state index is 10.8. The maximum Gasteiger partial charge on any atom is 0.354 e. The topological polar surface area (TPSA) is 66.0 Å². The minimum absolute atomic E-state index is 0.307. The van der Waals surface area contributed by atoms with Gasteiger partial charge in [0.05, 0.1) is 5.69 Å². The summed E-state index contributed by atoms with van der Waals surface area (Å²) in [5, 5.41) is 15.7. The quantitative estimate of drug-likeness (QED) is 0.744. The van der Waals surface area contributed by atoms with Crippen molar-refractivity contribution < 1.29 is 9.90 Å². The van der Waals surface area contributed by atoms with E-state index in [1.807, 2.05) is 0 Å². The molecule has 4 heteroatoms. The molecule has 1 heterocycles. The fraction of sp³-hybridized carbons (Fsp3) is 0.600. The van der Waals surface area contributed by atoms with E-state index in [9.17, 15) is 4.79 Å². The first-order valence-corrected chi connectivity index (χ1v) is 5.04. The van der Waals surface area contributed by atoms with Crippen LogP contribution in [0.2, 0.25) is 0 Å². The predicted octanol–water partition coefficient (Wildman–Crippen LogP) is 1.40. The smallest absolute Gasteiger partial charge is 0.354 e. The fourth-order valence-corrected chi connectivity index (χ4v) is 2.96. The second-order valence-corrected chi connectivity index (χ2v) is 4.23. The number of fused-ring (bicyclic) bond motifs is 3. The predicted molar refractivity (Wildman–Crippen MR) is 49.3 cm³/mol. The first-order chi connectivity index (χ1) is 6.74. The van der Waals surface area contributed by atoms with Gasteiger partial charge in [0.1, 0.15) is 5.69 Å². The molecule has 14 heavy (non-hydrogen) atoms. The summed E-state index contributed by atoms with van der Waals surface area (Å²) in [4.78, 5) is 10.8. The van der Waals surface area contributed by atoms with Crippen LogP contribution in [-0.4, -0.2) is 21.3 Å². The van der Waals surface area contributed by atoms with E-state index in [4.69, 9.17) is 5.11 Å². The van der Waals surface area contributed by atoms with Crippen LogP contribution in [0.4, 0.5) is 0 Å². The van der Waals surface area contributed by atoms with Gasteiger partial charge < -0.3 is 5.11 Å². The molecule has 0 aromatic carbocycles. The van der Waals surface area contributed by atoms with E-state index in [1.54, 1.807) is 0 Å². The lowest BCUT2D eigenvalue weighted by Crippen LogP contribution is -2.02.